The number of hydrogen-bond acceptors (Lipinski definition) is 5. The highest BCUT2D eigenvalue weighted by Gasteiger charge is 2.28. The van der Waals surface area contributed by atoms with Crippen molar-refractivity contribution in [2.75, 3.05) is 20.9 Å². The van der Waals surface area contributed by atoms with Gasteiger partial charge in [0, 0.05) is 16.4 Å². The van der Waals surface area contributed by atoms with Gasteiger partial charge in [-0.05, 0) is 79.2 Å². The third-order valence-electron chi connectivity index (χ3n) is 5.55. The van der Waals surface area contributed by atoms with Gasteiger partial charge in [-0.1, -0.05) is 48.0 Å². The number of anilines is 3. The number of aryl methyl sites for hydroxylation is 1. The number of benzene rings is 4. The Labute approximate surface area is 227 Å². The molecule has 0 spiro atoms. The second kappa shape index (κ2) is 11.3. The van der Waals surface area contributed by atoms with Gasteiger partial charge in [-0.3, -0.25) is 13.8 Å². The molecular weight excluding hydrogens is 546 g/mol. The van der Waals surface area contributed by atoms with Gasteiger partial charge in [0.15, 0.2) is 0 Å². The fourth-order valence-corrected chi connectivity index (χ4v) is 6.32. The lowest BCUT2D eigenvalue weighted by molar-refractivity contribution is -0.114. The Bertz CT molecular complexity index is 1640. The van der Waals surface area contributed by atoms with Crippen molar-refractivity contribution in [2.24, 2.45) is 0 Å². The molecule has 8 nitrogen and oxygen atoms in total. The van der Waals surface area contributed by atoms with Gasteiger partial charge in [-0.2, -0.15) is 0 Å². The summed E-state index contributed by atoms with van der Waals surface area (Å²) >= 11 is 5.92. The highest BCUT2D eigenvalue weighted by molar-refractivity contribution is 7.93. The third kappa shape index (κ3) is 6.34. The molecule has 0 aliphatic carbocycles. The fraction of sp³-hybridized carbons (Fsp3) is 0.0741. The van der Waals surface area contributed by atoms with E-state index in [1.165, 1.54) is 48.5 Å². The van der Waals surface area contributed by atoms with E-state index >= 15 is 0 Å². The summed E-state index contributed by atoms with van der Waals surface area (Å²) in [4.78, 5) is 13.0. The van der Waals surface area contributed by atoms with Crippen LogP contribution in [0.15, 0.2) is 113 Å². The van der Waals surface area contributed by atoms with Crippen molar-refractivity contribution in [2.45, 2.75) is 16.7 Å². The van der Waals surface area contributed by atoms with Gasteiger partial charge in [-0.25, -0.2) is 16.8 Å². The molecule has 196 valence electrons. The maximum atomic E-state index is 13.5. The molecule has 4 aromatic rings. The number of halogens is 1. The number of amides is 1. The molecule has 4 aromatic carbocycles. The SMILES string of the molecule is Cc1ccccc1N(CC(=O)Nc1ccc(S(=O)(=O)Nc2ccccc2)cc1)S(=O)(=O)c1ccc(Cl)cc1. The van der Waals surface area contributed by atoms with Crippen LogP contribution in [-0.4, -0.2) is 29.3 Å². The van der Waals surface area contributed by atoms with Crippen LogP contribution in [0.4, 0.5) is 17.1 Å². The zero-order chi connectivity index (χ0) is 27.3. The first-order chi connectivity index (χ1) is 18.1. The van der Waals surface area contributed by atoms with Crippen LogP contribution < -0.4 is 14.3 Å². The minimum atomic E-state index is -4.11. The third-order valence-corrected chi connectivity index (χ3v) is 8.97. The van der Waals surface area contributed by atoms with E-state index in [-0.39, 0.29) is 9.79 Å². The highest BCUT2D eigenvalue weighted by Crippen LogP contribution is 2.27. The van der Waals surface area contributed by atoms with Crippen LogP contribution in [0.25, 0.3) is 0 Å². The predicted molar refractivity (Wildman–Crippen MR) is 149 cm³/mol. The second-order valence-corrected chi connectivity index (χ2v) is 12.3. The van der Waals surface area contributed by atoms with E-state index in [0.717, 1.165) is 4.31 Å². The Balaban J connectivity index is 1.54. The van der Waals surface area contributed by atoms with E-state index in [2.05, 4.69) is 10.0 Å². The monoisotopic (exact) mass is 569 g/mol. The molecule has 2 N–H and O–H groups in total. The first-order valence-electron chi connectivity index (χ1n) is 11.4. The van der Waals surface area contributed by atoms with Crippen molar-refractivity contribution in [3.05, 3.63) is 114 Å². The van der Waals surface area contributed by atoms with Gasteiger partial charge in [0.1, 0.15) is 6.54 Å². The Hall–Kier alpha value is -3.86. The lowest BCUT2D eigenvalue weighted by Gasteiger charge is -2.25. The van der Waals surface area contributed by atoms with E-state index in [4.69, 9.17) is 11.6 Å². The molecule has 0 atom stereocenters. The van der Waals surface area contributed by atoms with Gasteiger partial charge in [-0.15, -0.1) is 0 Å². The Morgan fingerprint density at radius 3 is 1.95 bits per heavy atom. The summed E-state index contributed by atoms with van der Waals surface area (Å²) in [6, 6.07) is 26.5. The summed E-state index contributed by atoms with van der Waals surface area (Å²) < 4.78 is 55.9. The van der Waals surface area contributed by atoms with Crippen molar-refractivity contribution in [3.63, 3.8) is 0 Å². The zero-order valence-electron chi connectivity index (χ0n) is 20.2. The van der Waals surface area contributed by atoms with E-state index in [0.29, 0.717) is 27.6 Å². The van der Waals surface area contributed by atoms with Crippen molar-refractivity contribution < 1.29 is 21.6 Å². The first kappa shape index (κ1) is 27.2. The van der Waals surface area contributed by atoms with E-state index in [1.807, 2.05) is 0 Å². The Morgan fingerprint density at radius 2 is 1.32 bits per heavy atom. The van der Waals surface area contributed by atoms with Gasteiger partial charge in [0.05, 0.1) is 15.5 Å². The molecule has 0 unspecified atom stereocenters. The summed E-state index contributed by atoms with van der Waals surface area (Å²) in [5.74, 6) is -0.608. The maximum absolute atomic E-state index is 13.5. The van der Waals surface area contributed by atoms with Crippen LogP contribution >= 0.6 is 11.6 Å². The largest absolute Gasteiger partial charge is 0.325 e. The summed E-state index contributed by atoms with van der Waals surface area (Å²) in [6.45, 7) is 1.24. The number of carbonyl (C=O) groups is 1. The molecule has 11 heteroatoms. The number of nitrogens with zero attached hydrogens (tertiary/aromatic N) is 1. The number of carbonyl (C=O) groups excluding carboxylic acids is 1. The maximum Gasteiger partial charge on any atom is 0.264 e. The van der Waals surface area contributed by atoms with Gasteiger partial charge < -0.3 is 5.32 Å². The van der Waals surface area contributed by atoms with Crippen LogP contribution in [0, 0.1) is 6.92 Å². The van der Waals surface area contributed by atoms with Crippen molar-refractivity contribution in [3.8, 4) is 0 Å². The van der Waals surface area contributed by atoms with E-state index in [1.54, 1.807) is 61.5 Å². The smallest absolute Gasteiger partial charge is 0.264 e. The number of rotatable bonds is 9. The minimum Gasteiger partial charge on any atom is -0.325 e. The molecule has 0 aliphatic heterocycles. The van der Waals surface area contributed by atoms with Gasteiger partial charge in [0.25, 0.3) is 20.0 Å². The van der Waals surface area contributed by atoms with Crippen molar-refractivity contribution >= 4 is 54.6 Å². The van der Waals surface area contributed by atoms with Crippen LogP contribution in [0.3, 0.4) is 0 Å². The number of para-hydroxylation sites is 2. The summed E-state index contributed by atoms with van der Waals surface area (Å²) in [5.41, 5.74) is 1.75. The molecular formula is C27H24ClN3O5S2. The molecule has 4 rings (SSSR count). The first-order valence-corrected chi connectivity index (χ1v) is 14.7. The number of hydrogen-bond donors (Lipinski definition) is 2. The van der Waals surface area contributed by atoms with Gasteiger partial charge in [0.2, 0.25) is 5.91 Å². The molecule has 0 aromatic heterocycles. The second-order valence-electron chi connectivity index (χ2n) is 8.30. The summed E-state index contributed by atoms with van der Waals surface area (Å²) in [6.07, 6.45) is 0. The number of sulfonamides is 2. The molecule has 0 bridgehead atoms. The van der Waals surface area contributed by atoms with Crippen molar-refractivity contribution in [1.82, 2.24) is 0 Å². The van der Waals surface area contributed by atoms with Crippen LogP contribution in [0.5, 0.6) is 0 Å². The molecule has 38 heavy (non-hydrogen) atoms. The molecule has 0 aliphatic rings. The quantitative estimate of drug-likeness (QED) is 0.285. The molecule has 0 fully saturated rings. The molecule has 0 saturated carbocycles. The fourth-order valence-electron chi connectivity index (χ4n) is 3.65. The van der Waals surface area contributed by atoms with Crippen molar-refractivity contribution in [1.29, 1.82) is 0 Å². The lowest BCUT2D eigenvalue weighted by Crippen LogP contribution is -2.38. The summed E-state index contributed by atoms with van der Waals surface area (Å²) in [5, 5.41) is 3.02. The highest BCUT2D eigenvalue weighted by atomic mass is 35.5. The normalized spacial score (nSPS) is 11.5. The number of nitrogens with one attached hydrogen (secondary N) is 2. The van der Waals surface area contributed by atoms with Gasteiger partial charge >= 0.3 is 0 Å². The lowest BCUT2D eigenvalue weighted by atomic mass is 10.2. The zero-order valence-corrected chi connectivity index (χ0v) is 22.6. The average molecular weight is 570 g/mol. The van der Waals surface area contributed by atoms with Crippen LogP contribution in [0.1, 0.15) is 5.56 Å². The Kier molecular flexibility index (Phi) is 8.05. The minimum absolute atomic E-state index is 0.00575. The van der Waals surface area contributed by atoms with Crippen LogP contribution in [0.2, 0.25) is 5.02 Å². The summed E-state index contributed by atoms with van der Waals surface area (Å²) in [7, 11) is -7.94. The van der Waals surface area contributed by atoms with E-state index in [9.17, 15) is 21.6 Å². The molecule has 0 heterocycles. The predicted octanol–water partition coefficient (Wildman–Crippen LogP) is 5.28. The Morgan fingerprint density at radius 1 is 0.737 bits per heavy atom. The topological polar surface area (TPSA) is 113 Å². The molecule has 1 amide bonds. The van der Waals surface area contributed by atoms with Crippen LogP contribution in [-0.2, 0) is 24.8 Å². The molecule has 0 radical (unpaired) electrons. The van der Waals surface area contributed by atoms with E-state index < -0.39 is 32.5 Å². The standard InChI is InChI=1S/C27H24ClN3O5S2/c1-20-7-5-6-10-26(20)31(38(35,36)25-15-11-21(28)12-16-25)19-27(32)29-22-13-17-24(18-14-22)37(33,34)30-23-8-3-2-4-9-23/h2-18,30H,19H2,1H3,(H,29,32). The molecule has 0 saturated heterocycles. The average Bonchev–Trinajstić information content (AvgIpc) is 2.89.